The van der Waals surface area contributed by atoms with Crippen molar-refractivity contribution in [1.29, 1.82) is 0 Å². The van der Waals surface area contributed by atoms with Crippen LogP contribution in [0.5, 0.6) is 0 Å². The van der Waals surface area contributed by atoms with E-state index in [-0.39, 0.29) is 11.5 Å². The Kier molecular flexibility index (Phi) is 6.08. The second-order valence-corrected chi connectivity index (χ2v) is 9.49. The first-order valence-corrected chi connectivity index (χ1v) is 11.7. The molecule has 1 aliphatic heterocycles. The molecule has 2 aromatic carbocycles. The molecule has 7 nitrogen and oxygen atoms in total. The van der Waals surface area contributed by atoms with E-state index in [0.717, 1.165) is 35.5 Å². The number of hydrogen-bond donors (Lipinski definition) is 1. The van der Waals surface area contributed by atoms with E-state index in [0.29, 0.717) is 24.8 Å². The number of halogens is 1. The molecule has 2 fully saturated rings. The second kappa shape index (κ2) is 9.15. The van der Waals surface area contributed by atoms with Crippen LogP contribution in [0.4, 0.5) is 4.79 Å². The van der Waals surface area contributed by atoms with E-state index in [4.69, 9.17) is 26.0 Å². The van der Waals surface area contributed by atoms with E-state index < -0.39 is 6.16 Å². The lowest BCUT2D eigenvalue weighted by Gasteiger charge is -2.42. The molecule has 0 atom stereocenters. The van der Waals surface area contributed by atoms with Gasteiger partial charge in [-0.05, 0) is 47.9 Å². The second-order valence-electron chi connectivity index (χ2n) is 9.05. The summed E-state index contributed by atoms with van der Waals surface area (Å²) in [6.45, 7) is 2.00. The van der Waals surface area contributed by atoms with Crippen molar-refractivity contribution in [3.63, 3.8) is 0 Å². The van der Waals surface area contributed by atoms with Gasteiger partial charge in [0, 0.05) is 36.6 Å². The number of benzene rings is 2. The molecular weight excluding hydrogens is 442 g/mol. The zero-order valence-electron chi connectivity index (χ0n) is 18.2. The molecule has 1 saturated heterocycles. The van der Waals surface area contributed by atoms with Gasteiger partial charge in [0.25, 0.3) is 0 Å². The van der Waals surface area contributed by atoms with E-state index in [1.807, 2.05) is 36.4 Å². The standard InChI is InChI=1S/C25H26ClN3O4/c26-20-8-6-19(7-9-20)25(11-1-12-25)13-10-22-27-23(28-33-22)18-4-2-17(3-5-18)14-29-15-21(16-29)32-24(30)31/h2-9,21H,1,10-16H2,(H,30,31). The van der Waals surface area contributed by atoms with E-state index >= 15 is 0 Å². The molecule has 2 aliphatic rings. The number of likely N-dealkylation sites (tertiary alicyclic amines) is 1. The molecule has 5 rings (SSSR count). The molecule has 1 aromatic heterocycles. The predicted molar refractivity (Wildman–Crippen MR) is 123 cm³/mol. The first kappa shape index (κ1) is 21.9. The Bertz CT molecular complexity index is 1100. The highest BCUT2D eigenvalue weighted by atomic mass is 35.5. The van der Waals surface area contributed by atoms with Gasteiger partial charge in [0.15, 0.2) is 0 Å². The lowest BCUT2D eigenvalue weighted by Crippen LogP contribution is -2.52. The van der Waals surface area contributed by atoms with Gasteiger partial charge in [-0.2, -0.15) is 4.98 Å². The number of aromatic nitrogens is 2. The van der Waals surface area contributed by atoms with Crippen molar-refractivity contribution in [1.82, 2.24) is 15.0 Å². The molecule has 1 aliphatic carbocycles. The maximum atomic E-state index is 10.6. The molecule has 0 unspecified atom stereocenters. The number of carboxylic acid groups (broad SMARTS) is 1. The summed E-state index contributed by atoms with van der Waals surface area (Å²) in [4.78, 5) is 17.3. The highest BCUT2D eigenvalue weighted by molar-refractivity contribution is 6.30. The molecule has 3 aromatic rings. The van der Waals surface area contributed by atoms with E-state index in [1.165, 1.54) is 24.8 Å². The minimum absolute atomic E-state index is 0.187. The smallest absolute Gasteiger partial charge is 0.450 e. The summed E-state index contributed by atoms with van der Waals surface area (Å²) in [5.41, 5.74) is 3.59. The number of rotatable bonds is 8. The lowest BCUT2D eigenvalue weighted by molar-refractivity contribution is -0.0363. The zero-order chi connectivity index (χ0) is 22.8. The number of hydrogen-bond acceptors (Lipinski definition) is 6. The first-order valence-electron chi connectivity index (χ1n) is 11.3. The minimum Gasteiger partial charge on any atom is -0.450 e. The van der Waals surface area contributed by atoms with Crippen molar-refractivity contribution in [2.75, 3.05) is 13.1 Å². The molecular formula is C25H26ClN3O4. The summed E-state index contributed by atoms with van der Waals surface area (Å²) >= 11 is 6.06. The molecule has 0 spiro atoms. The predicted octanol–water partition coefficient (Wildman–Crippen LogP) is 5.32. The Hall–Kier alpha value is -2.90. The van der Waals surface area contributed by atoms with Gasteiger partial charge >= 0.3 is 6.16 Å². The fraction of sp³-hybridized carbons (Fsp3) is 0.400. The Balaban J connectivity index is 1.16. The number of aryl methyl sites for hydroxylation is 1. The lowest BCUT2D eigenvalue weighted by atomic mass is 9.62. The summed E-state index contributed by atoms with van der Waals surface area (Å²) in [6.07, 6.45) is 3.90. The van der Waals surface area contributed by atoms with E-state index in [1.54, 1.807) is 0 Å². The molecule has 0 amide bonds. The van der Waals surface area contributed by atoms with Crippen LogP contribution in [0, 0.1) is 0 Å². The summed E-state index contributed by atoms with van der Waals surface area (Å²) in [5.74, 6) is 1.27. The molecule has 8 heteroatoms. The zero-order valence-corrected chi connectivity index (χ0v) is 19.0. The normalized spacial score (nSPS) is 17.8. The summed E-state index contributed by atoms with van der Waals surface area (Å²) in [7, 11) is 0. The van der Waals surface area contributed by atoms with Gasteiger partial charge in [0.1, 0.15) is 6.10 Å². The fourth-order valence-electron chi connectivity index (χ4n) is 4.80. The third-order valence-corrected chi connectivity index (χ3v) is 7.11. The number of carbonyl (C=O) groups is 1. The SMILES string of the molecule is O=C(O)OC1CN(Cc2ccc(-c3noc(CCC4(c5ccc(Cl)cc5)CCC4)n3)cc2)C1. The molecule has 1 saturated carbocycles. The molecule has 2 heterocycles. The van der Waals surface area contributed by atoms with Crippen molar-refractivity contribution >= 4 is 17.8 Å². The molecule has 33 heavy (non-hydrogen) atoms. The van der Waals surface area contributed by atoms with Gasteiger partial charge in [-0.15, -0.1) is 0 Å². The molecule has 0 bridgehead atoms. The topological polar surface area (TPSA) is 88.7 Å². The van der Waals surface area contributed by atoms with Crippen LogP contribution in [0.25, 0.3) is 11.4 Å². The Morgan fingerprint density at radius 2 is 1.88 bits per heavy atom. The maximum Gasteiger partial charge on any atom is 0.506 e. The average Bonchev–Trinajstić information content (AvgIpc) is 3.22. The molecule has 0 radical (unpaired) electrons. The van der Waals surface area contributed by atoms with Gasteiger partial charge in [-0.3, -0.25) is 4.90 Å². The Labute approximate surface area is 197 Å². The Morgan fingerprint density at radius 3 is 2.52 bits per heavy atom. The summed E-state index contributed by atoms with van der Waals surface area (Å²) in [5, 5.41) is 13.6. The van der Waals surface area contributed by atoms with Crippen LogP contribution >= 0.6 is 11.6 Å². The minimum atomic E-state index is -1.21. The van der Waals surface area contributed by atoms with Gasteiger partial charge < -0.3 is 14.4 Å². The van der Waals surface area contributed by atoms with Gasteiger partial charge in [-0.25, -0.2) is 4.79 Å². The molecule has 172 valence electrons. The third-order valence-electron chi connectivity index (χ3n) is 6.86. The number of nitrogens with zero attached hydrogens (tertiary/aromatic N) is 3. The third kappa shape index (κ3) is 4.89. The van der Waals surface area contributed by atoms with Crippen molar-refractivity contribution in [3.8, 4) is 11.4 Å². The average molecular weight is 468 g/mol. The van der Waals surface area contributed by atoms with Crippen LogP contribution in [0.2, 0.25) is 5.02 Å². The first-order chi connectivity index (χ1) is 16.0. The monoisotopic (exact) mass is 467 g/mol. The van der Waals surface area contributed by atoms with E-state index in [9.17, 15) is 4.79 Å². The van der Waals surface area contributed by atoms with Crippen molar-refractivity contribution in [3.05, 3.63) is 70.6 Å². The van der Waals surface area contributed by atoms with Crippen LogP contribution in [-0.2, 0) is 23.1 Å². The van der Waals surface area contributed by atoms with Crippen LogP contribution in [0.1, 0.15) is 42.7 Å². The quantitative estimate of drug-likeness (QED) is 0.448. The molecule has 1 N–H and O–H groups in total. The maximum absolute atomic E-state index is 10.6. The fourth-order valence-corrected chi connectivity index (χ4v) is 4.92. The van der Waals surface area contributed by atoms with Crippen molar-refractivity contribution in [2.24, 2.45) is 0 Å². The van der Waals surface area contributed by atoms with Gasteiger partial charge in [0.2, 0.25) is 11.7 Å². The summed E-state index contributed by atoms with van der Waals surface area (Å²) < 4.78 is 10.3. The van der Waals surface area contributed by atoms with Gasteiger partial charge in [0.05, 0.1) is 0 Å². The highest BCUT2D eigenvalue weighted by Crippen LogP contribution is 2.47. The van der Waals surface area contributed by atoms with Crippen LogP contribution in [0.15, 0.2) is 53.1 Å². The van der Waals surface area contributed by atoms with E-state index in [2.05, 4.69) is 27.2 Å². The van der Waals surface area contributed by atoms with Crippen molar-refractivity contribution < 1.29 is 19.2 Å². The largest absolute Gasteiger partial charge is 0.506 e. The number of ether oxygens (including phenoxy) is 1. The van der Waals surface area contributed by atoms with Gasteiger partial charge in [-0.1, -0.05) is 59.6 Å². The Morgan fingerprint density at radius 1 is 1.15 bits per heavy atom. The van der Waals surface area contributed by atoms with Crippen LogP contribution in [0.3, 0.4) is 0 Å². The summed E-state index contributed by atoms with van der Waals surface area (Å²) in [6, 6.07) is 16.3. The van der Waals surface area contributed by atoms with Crippen LogP contribution < -0.4 is 0 Å². The van der Waals surface area contributed by atoms with Crippen LogP contribution in [-0.4, -0.2) is 45.5 Å². The highest BCUT2D eigenvalue weighted by Gasteiger charge is 2.38. The van der Waals surface area contributed by atoms with Crippen molar-refractivity contribution in [2.45, 2.75) is 50.2 Å².